The lowest BCUT2D eigenvalue weighted by Gasteiger charge is -2.37. The molecule has 1 N–H and O–H groups in total. The third-order valence-corrected chi connectivity index (χ3v) is 5.75. The molecular weight excluding hydrogens is 383 g/mol. The summed E-state index contributed by atoms with van der Waals surface area (Å²) >= 11 is 0. The Balaban J connectivity index is 1.77. The van der Waals surface area contributed by atoms with Crippen molar-refractivity contribution in [3.8, 4) is 22.5 Å². The van der Waals surface area contributed by atoms with Crippen LogP contribution in [0.15, 0.2) is 78.9 Å². The molecule has 0 amide bonds. The van der Waals surface area contributed by atoms with Gasteiger partial charge in [-0.05, 0) is 39.8 Å². The number of nitrogens with zero attached hydrogens (tertiary/aromatic N) is 2. The number of aromatic nitrogens is 2. The van der Waals surface area contributed by atoms with Crippen LogP contribution in [0.25, 0.3) is 33.5 Å². The number of hydrogen-bond donors (Lipinski definition) is 1. The molecule has 5 heteroatoms. The standard InChI is InChI=1S/C26H26BN2O2/c1-25(2,30)26(3,4)31-27-20-15-16-21-22(17-20)29-24(19-13-9-6-10-14-19)23(28-21)18-11-7-5-8-12-18/h5-17,30H,1-4H3. The molecule has 4 aromatic rings. The van der Waals surface area contributed by atoms with Gasteiger partial charge in [-0.1, -0.05) is 72.2 Å². The van der Waals surface area contributed by atoms with Gasteiger partial charge in [0.1, 0.15) is 0 Å². The predicted molar refractivity (Wildman–Crippen MR) is 127 cm³/mol. The average Bonchev–Trinajstić information content (AvgIpc) is 2.77. The number of aliphatic hydroxyl groups is 1. The molecular formula is C26H26BN2O2. The van der Waals surface area contributed by atoms with Crippen molar-refractivity contribution in [3.63, 3.8) is 0 Å². The van der Waals surface area contributed by atoms with E-state index in [1.54, 1.807) is 21.3 Å². The van der Waals surface area contributed by atoms with Crippen molar-refractivity contribution in [1.82, 2.24) is 9.97 Å². The fourth-order valence-electron chi connectivity index (χ4n) is 3.10. The second kappa shape index (κ2) is 8.25. The quantitative estimate of drug-likeness (QED) is 0.466. The average molecular weight is 409 g/mol. The minimum absolute atomic E-state index is 0.736. The van der Waals surface area contributed by atoms with Crippen LogP contribution in [0, 0.1) is 0 Å². The Morgan fingerprint density at radius 3 is 1.74 bits per heavy atom. The Morgan fingerprint density at radius 1 is 0.710 bits per heavy atom. The Labute approximate surface area is 184 Å². The van der Waals surface area contributed by atoms with Gasteiger partial charge in [0.2, 0.25) is 0 Å². The highest BCUT2D eigenvalue weighted by Crippen LogP contribution is 2.30. The van der Waals surface area contributed by atoms with Crippen molar-refractivity contribution in [2.45, 2.75) is 38.9 Å². The van der Waals surface area contributed by atoms with Crippen LogP contribution in [0.2, 0.25) is 0 Å². The van der Waals surface area contributed by atoms with Gasteiger partial charge in [0.15, 0.2) is 0 Å². The molecule has 0 unspecified atom stereocenters. The summed E-state index contributed by atoms with van der Waals surface area (Å²) < 4.78 is 5.91. The maximum Gasteiger partial charge on any atom is 0.330 e. The van der Waals surface area contributed by atoms with Gasteiger partial charge in [0, 0.05) is 11.1 Å². The Hall–Kier alpha value is -3.02. The molecule has 0 aliphatic carbocycles. The van der Waals surface area contributed by atoms with E-state index in [0.717, 1.165) is 39.0 Å². The van der Waals surface area contributed by atoms with Gasteiger partial charge >= 0.3 is 7.48 Å². The molecule has 31 heavy (non-hydrogen) atoms. The van der Waals surface area contributed by atoms with Crippen LogP contribution in [0.5, 0.6) is 0 Å². The summed E-state index contributed by atoms with van der Waals surface area (Å²) in [5, 5.41) is 10.3. The number of benzene rings is 3. The lowest BCUT2D eigenvalue weighted by Crippen LogP contribution is -2.49. The number of rotatable bonds is 6. The molecule has 4 rings (SSSR count). The van der Waals surface area contributed by atoms with E-state index >= 15 is 0 Å². The lowest BCUT2D eigenvalue weighted by molar-refractivity contribution is -0.0893. The van der Waals surface area contributed by atoms with Gasteiger partial charge in [0.25, 0.3) is 0 Å². The van der Waals surface area contributed by atoms with E-state index in [9.17, 15) is 5.11 Å². The highest BCUT2D eigenvalue weighted by molar-refractivity contribution is 6.47. The Kier molecular flexibility index (Phi) is 5.65. The molecule has 1 radical (unpaired) electrons. The molecule has 0 spiro atoms. The third-order valence-electron chi connectivity index (χ3n) is 5.75. The molecule has 0 saturated carbocycles. The van der Waals surface area contributed by atoms with Gasteiger partial charge in [-0.3, -0.25) is 0 Å². The van der Waals surface area contributed by atoms with Crippen LogP contribution in [0.1, 0.15) is 27.7 Å². The van der Waals surface area contributed by atoms with Crippen molar-refractivity contribution >= 4 is 24.0 Å². The summed E-state index contributed by atoms with van der Waals surface area (Å²) in [6.45, 7) is 7.21. The fraction of sp³-hybridized carbons (Fsp3) is 0.231. The summed E-state index contributed by atoms with van der Waals surface area (Å²) in [5.74, 6) is 0. The molecule has 1 aromatic heterocycles. The largest absolute Gasteiger partial charge is 0.427 e. The van der Waals surface area contributed by atoms with Gasteiger partial charge in [-0.15, -0.1) is 0 Å². The zero-order chi connectivity index (χ0) is 22.1. The van der Waals surface area contributed by atoms with Gasteiger partial charge < -0.3 is 9.76 Å². The molecule has 0 aliphatic rings. The second-order valence-corrected chi connectivity index (χ2v) is 8.71. The maximum atomic E-state index is 10.3. The van der Waals surface area contributed by atoms with Crippen LogP contribution in [-0.2, 0) is 4.65 Å². The molecule has 155 valence electrons. The van der Waals surface area contributed by atoms with Crippen LogP contribution in [-0.4, -0.2) is 33.8 Å². The van der Waals surface area contributed by atoms with E-state index in [0.29, 0.717) is 0 Å². The molecule has 1 heterocycles. The van der Waals surface area contributed by atoms with Crippen molar-refractivity contribution in [1.29, 1.82) is 0 Å². The SMILES string of the molecule is CC(C)(O)C(C)(C)O[B]c1ccc2nc(-c3ccccc3)c(-c3ccccc3)nc2c1. The molecule has 0 aliphatic heterocycles. The molecule has 0 fully saturated rings. The van der Waals surface area contributed by atoms with Gasteiger partial charge in [0.05, 0.1) is 33.6 Å². The predicted octanol–water partition coefficient (Wildman–Crippen LogP) is 4.77. The number of hydrogen-bond acceptors (Lipinski definition) is 4. The van der Waals surface area contributed by atoms with Crippen LogP contribution >= 0.6 is 0 Å². The molecule has 0 bridgehead atoms. The topological polar surface area (TPSA) is 55.2 Å². The van der Waals surface area contributed by atoms with E-state index in [1.807, 2.05) is 80.6 Å². The summed E-state index contributed by atoms with van der Waals surface area (Å²) in [6, 6.07) is 26.1. The first-order chi connectivity index (χ1) is 14.7. The van der Waals surface area contributed by atoms with Crippen molar-refractivity contribution in [2.75, 3.05) is 0 Å². The Morgan fingerprint density at radius 2 is 1.23 bits per heavy atom. The summed E-state index contributed by atoms with van der Waals surface area (Å²) in [7, 11) is 1.67. The van der Waals surface area contributed by atoms with Crippen molar-refractivity contribution in [2.24, 2.45) is 0 Å². The van der Waals surface area contributed by atoms with E-state index in [2.05, 4.69) is 12.1 Å². The summed E-state index contributed by atoms with van der Waals surface area (Å²) in [5.41, 5.74) is 4.50. The normalized spacial score (nSPS) is 12.2. The van der Waals surface area contributed by atoms with E-state index in [1.165, 1.54) is 0 Å². The first-order valence-corrected chi connectivity index (χ1v) is 10.4. The lowest BCUT2D eigenvalue weighted by atomic mass is 9.82. The third kappa shape index (κ3) is 4.53. The highest BCUT2D eigenvalue weighted by atomic mass is 16.5. The summed E-state index contributed by atoms with van der Waals surface area (Å²) in [6.07, 6.45) is 0. The molecule has 0 atom stereocenters. The van der Waals surface area contributed by atoms with Gasteiger partial charge in [-0.2, -0.15) is 0 Å². The van der Waals surface area contributed by atoms with E-state index in [-0.39, 0.29) is 0 Å². The Bertz CT molecular complexity index is 1190. The zero-order valence-corrected chi connectivity index (χ0v) is 18.3. The van der Waals surface area contributed by atoms with Crippen LogP contribution in [0.3, 0.4) is 0 Å². The first kappa shape index (κ1) is 21.2. The van der Waals surface area contributed by atoms with Crippen LogP contribution in [0.4, 0.5) is 0 Å². The fourth-order valence-corrected chi connectivity index (χ4v) is 3.10. The van der Waals surface area contributed by atoms with Crippen LogP contribution < -0.4 is 5.46 Å². The monoisotopic (exact) mass is 409 g/mol. The molecule has 4 nitrogen and oxygen atoms in total. The highest BCUT2D eigenvalue weighted by Gasteiger charge is 2.35. The number of fused-ring (bicyclic) bond motifs is 1. The van der Waals surface area contributed by atoms with Crippen molar-refractivity contribution < 1.29 is 9.76 Å². The summed E-state index contributed by atoms with van der Waals surface area (Å²) in [4.78, 5) is 9.94. The second-order valence-electron chi connectivity index (χ2n) is 8.71. The van der Waals surface area contributed by atoms with Gasteiger partial charge in [-0.25, -0.2) is 9.97 Å². The zero-order valence-electron chi connectivity index (χ0n) is 18.3. The minimum Gasteiger partial charge on any atom is -0.427 e. The van der Waals surface area contributed by atoms with E-state index < -0.39 is 11.2 Å². The molecule has 3 aromatic carbocycles. The van der Waals surface area contributed by atoms with Crippen molar-refractivity contribution in [3.05, 3.63) is 78.9 Å². The smallest absolute Gasteiger partial charge is 0.330 e. The molecule has 0 saturated heterocycles. The first-order valence-electron chi connectivity index (χ1n) is 10.4. The van der Waals surface area contributed by atoms with E-state index in [4.69, 9.17) is 14.6 Å². The maximum absolute atomic E-state index is 10.3. The minimum atomic E-state index is -0.981.